The summed E-state index contributed by atoms with van der Waals surface area (Å²) < 4.78 is 1.68. The molecule has 1 aliphatic heterocycles. The van der Waals surface area contributed by atoms with Crippen LogP contribution in [0.5, 0.6) is 0 Å². The molecule has 0 bridgehead atoms. The zero-order valence-electron chi connectivity index (χ0n) is 13.0. The molecule has 0 spiro atoms. The summed E-state index contributed by atoms with van der Waals surface area (Å²) in [5.74, 6) is -0.866. The summed E-state index contributed by atoms with van der Waals surface area (Å²) in [4.78, 5) is 29.8. The van der Waals surface area contributed by atoms with Crippen LogP contribution in [-0.4, -0.2) is 43.2 Å². The van der Waals surface area contributed by atoms with Crippen LogP contribution in [0.3, 0.4) is 0 Å². The molecule has 0 saturated carbocycles. The van der Waals surface area contributed by atoms with Crippen LogP contribution in [0, 0.1) is 0 Å². The second-order valence-electron chi connectivity index (χ2n) is 5.86. The molecule has 0 aromatic carbocycles. The standard InChI is InChI=1S/C15H18N4O3S/c1-9(2)13-16-12(8-23-13)14(20)18-4-3-5-19-10(7-18)6-11(17-19)15(21)22/h6,8-9H,3-5,7H2,1-2H3,(H,21,22). The molecule has 0 saturated heterocycles. The van der Waals surface area contributed by atoms with Crippen molar-refractivity contribution < 1.29 is 14.7 Å². The van der Waals surface area contributed by atoms with Crippen molar-refractivity contribution in [3.63, 3.8) is 0 Å². The van der Waals surface area contributed by atoms with Gasteiger partial charge in [0, 0.05) is 24.4 Å². The number of carboxylic acid groups (broad SMARTS) is 1. The van der Waals surface area contributed by atoms with Crippen molar-refractivity contribution >= 4 is 23.2 Å². The molecule has 3 rings (SSSR count). The van der Waals surface area contributed by atoms with E-state index in [4.69, 9.17) is 5.11 Å². The van der Waals surface area contributed by atoms with Gasteiger partial charge in [-0.25, -0.2) is 9.78 Å². The number of carbonyl (C=O) groups is 2. The van der Waals surface area contributed by atoms with Crippen molar-refractivity contribution in [2.45, 2.75) is 39.3 Å². The minimum Gasteiger partial charge on any atom is -0.476 e. The molecule has 1 N–H and O–H groups in total. The third-order valence-corrected chi connectivity index (χ3v) is 4.90. The van der Waals surface area contributed by atoms with Crippen LogP contribution in [0.2, 0.25) is 0 Å². The van der Waals surface area contributed by atoms with Gasteiger partial charge in [0.05, 0.1) is 17.2 Å². The Morgan fingerprint density at radius 3 is 2.74 bits per heavy atom. The van der Waals surface area contributed by atoms with Gasteiger partial charge in [-0.15, -0.1) is 11.3 Å². The highest BCUT2D eigenvalue weighted by atomic mass is 32.1. The molecule has 0 aliphatic carbocycles. The fraction of sp³-hybridized carbons (Fsp3) is 0.467. The van der Waals surface area contributed by atoms with Crippen molar-refractivity contribution in [1.29, 1.82) is 0 Å². The van der Waals surface area contributed by atoms with Crippen LogP contribution in [-0.2, 0) is 13.1 Å². The zero-order valence-corrected chi connectivity index (χ0v) is 13.8. The summed E-state index contributed by atoms with van der Waals surface area (Å²) in [5, 5.41) is 15.9. The maximum Gasteiger partial charge on any atom is 0.356 e. The summed E-state index contributed by atoms with van der Waals surface area (Å²) in [7, 11) is 0. The molecule has 0 radical (unpaired) electrons. The van der Waals surface area contributed by atoms with Gasteiger partial charge in [0.25, 0.3) is 5.91 Å². The number of aryl methyl sites for hydroxylation is 1. The van der Waals surface area contributed by atoms with Crippen LogP contribution in [0.15, 0.2) is 11.4 Å². The van der Waals surface area contributed by atoms with E-state index in [0.717, 1.165) is 17.1 Å². The highest BCUT2D eigenvalue weighted by Gasteiger charge is 2.24. The van der Waals surface area contributed by atoms with E-state index in [1.165, 1.54) is 17.4 Å². The first kappa shape index (κ1) is 15.7. The van der Waals surface area contributed by atoms with E-state index in [1.807, 2.05) is 13.8 Å². The molecule has 7 nitrogen and oxygen atoms in total. The fourth-order valence-corrected chi connectivity index (χ4v) is 3.36. The average molecular weight is 334 g/mol. The number of nitrogens with zero attached hydrogens (tertiary/aromatic N) is 4. The lowest BCUT2D eigenvalue weighted by Gasteiger charge is -2.18. The first-order valence-electron chi connectivity index (χ1n) is 7.50. The number of hydrogen-bond acceptors (Lipinski definition) is 5. The maximum atomic E-state index is 12.7. The Bertz CT molecular complexity index is 750. The quantitative estimate of drug-likeness (QED) is 0.929. The molecular weight excluding hydrogens is 316 g/mol. The normalized spacial score (nSPS) is 14.7. The van der Waals surface area contributed by atoms with Crippen molar-refractivity contribution in [2.75, 3.05) is 6.54 Å². The van der Waals surface area contributed by atoms with Gasteiger partial charge in [-0.05, 0) is 12.5 Å². The van der Waals surface area contributed by atoms with E-state index in [1.54, 1.807) is 15.0 Å². The molecule has 8 heteroatoms. The fourth-order valence-electron chi connectivity index (χ4n) is 2.55. The van der Waals surface area contributed by atoms with Gasteiger partial charge in [-0.3, -0.25) is 9.48 Å². The van der Waals surface area contributed by atoms with E-state index < -0.39 is 5.97 Å². The Morgan fingerprint density at radius 2 is 2.09 bits per heavy atom. The van der Waals surface area contributed by atoms with Crippen molar-refractivity contribution in [1.82, 2.24) is 19.7 Å². The van der Waals surface area contributed by atoms with Crippen LogP contribution in [0.1, 0.15) is 57.9 Å². The lowest BCUT2D eigenvalue weighted by Crippen LogP contribution is -2.31. The summed E-state index contributed by atoms with van der Waals surface area (Å²) in [6.45, 7) is 5.67. The molecule has 0 fully saturated rings. The van der Waals surface area contributed by atoms with Gasteiger partial charge in [-0.1, -0.05) is 13.8 Å². The number of aromatic carboxylic acids is 1. The van der Waals surface area contributed by atoms with Crippen LogP contribution in [0.25, 0.3) is 0 Å². The van der Waals surface area contributed by atoms with E-state index in [9.17, 15) is 9.59 Å². The van der Waals surface area contributed by atoms with Crippen molar-refractivity contribution in [3.05, 3.63) is 33.5 Å². The second kappa shape index (κ2) is 6.11. The largest absolute Gasteiger partial charge is 0.476 e. The smallest absolute Gasteiger partial charge is 0.356 e. The highest BCUT2D eigenvalue weighted by Crippen LogP contribution is 2.21. The predicted octanol–water partition coefficient (Wildman–Crippen LogP) is 2.21. The van der Waals surface area contributed by atoms with Gasteiger partial charge in [0.2, 0.25) is 0 Å². The first-order valence-corrected chi connectivity index (χ1v) is 8.38. The van der Waals surface area contributed by atoms with Crippen molar-refractivity contribution in [2.24, 2.45) is 0 Å². The van der Waals surface area contributed by atoms with E-state index in [-0.39, 0.29) is 11.6 Å². The number of carboxylic acids is 1. The third kappa shape index (κ3) is 3.12. The summed E-state index contributed by atoms with van der Waals surface area (Å²) in [6, 6.07) is 1.54. The van der Waals surface area contributed by atoms with E-state index in [2.05, 4.69) is 10.1 Å². The van der Waals surface area contributed by atoms with Crippen LogP contribution < -0.4 is 0 Å². The van der Waals surface area contributed by atoms with Gasteiger partial charge in [0.1, 0.15) is 5.69 Å². The summed E-state index contributed by atoms with van der Waals surface area (Å²) in [5.41, 5.74) is 1.22. The summed E-state index contributed by atoms with van der Waals surface area (Å²) in [6.07, 6.45) is 0.737. The number of thiazole rings is 1. The molecule has 2 aromatic rings. The zero-order chi connectivity index (χ0) is 16.6. The average Bonchev–Trinajstić information content (AvgIpc) is 3.09. The number of amides is 1. The Labute approximate surface area is 137 Å². The second-order valence-corrected chi connectivity index (χ2v) is 6.74. The van der Waals surface area contributed by atoms with Gasteiger partial charge < -0.3 is 10.0 Å². The Kier molecular flexibility index (Phi) is 4.16. The number of hydrogen-bond donors (Lipinski definition) is 1. The minimum absolute atomic E-state index is 0.0186. The highest BCUT2D eigenvalue weighted by molar-refractivity contribution is 7.09. The lowest BCUT2D eigenvalue weighted by molar-refractivity contribution is 0.0689. The van der Waals surface area contributed by atoms with Crippen LogP contribution >= 0.6 is 11.3 Å². The molecular formula is C15H18N4O3S. The maximum absolute atomic E-state index is 12.7. The Morgan fingerprint density at radius 1 is 1.30 bits per heavy atom. The minimum atomic E-state index is -1.05. The number of rotatable bonds is 3. The monoisotopic (exact) mass is 334 g/mol. The topological polar surface area (TPSA) is 88.3 Å². The third-order valence-electron chi connectivity index (χ3n) is 3.76. The molecule has 3 heterocycles. The molecule has 122 valence electrons. The van der Waals surface area contributed by atoms with Gasteiger partial charge >= 0.3 is 5.97 Å². The SMILES string of the molecule is CC(C)c1nc(C(=O)N2CCCn3nc(C(=O)O)cc3C2)cs1. The molecule has 1 amide bonds. The predicted molar refractivity (Wildman–Crippen MR) is 84.7 cm³/mol. The number of aromatic nitrogens is 3. The number of fused-ring (bicyclic) bond motifs is 1. The van der Waals surface area contributed by atoms with E-state index in [0.29, 0.717) is 31.2 Å². The van der Waals surface area contributed by atoms with Gasteiger partial charge in [0.15, 0.2) is 5.69 Å². The molecule has 0 atom stereocenters. The Balaban J connectivity index is 1.81. The van der Waals surface area contributed by atoms with E-state index >= 15 is 0 Å². The molecule has 1 aliphatic rings. The molecule has 23 heavy (non-hydrogen) atoms. The first-order chi connectivity index (χ1) is 11.0. The molecule has 0 unspecified atom stereocenters. The summed E-state index contributed by atoms with van der Waals surface area (Å²) >= 11 is 1.49. The van der Waals surface area contributed by atoms with Crippen molar-refractivity contribution in [3.8, 4) is 0 Å². The molecule has 2 aromatic heterocycles. The lowest BCUT2D eigenvalue weighted by atomic mass is 10.2. The van der Waals surface area contributed by atoms with Gasteiger partial charge in [-0.2, -0.15) is 5.10 Å². The number of carbonyl (C=O) groups excluding carboxylic acids is 1. The van der Waals surface area contributed by atoms with Crippen LogP contribution in [0.4, 0.5) is 0 Å². The Hall–Kier alpha value is -2.22.